The number of ether oxygens (including phenoxy) is 1. The number of benzene rings is 1. The van der Waals surface area contributed by atoms with Gasteiger partial charge in [0.15, 0.2) is 8.32 Å². The number of hydrogen-bond acceptors (Lipinski definition) is 8. The zero-order valence-corrected chi connectivity index (χ0v) is 26.5. The summed E-state index contributed by atoms with van der Waals surface area (Å²) in [6.45, 7) is 19.9. The normalized spacial score (nSPS) is 18.7. The molecule has 0 aromatic heterocycles. The smallest absolute Gasteiger partial charge is 0.457 e. The Morgan fingerprint density at radius 3 is 2.11 bits per heavy atom. The van der Waals surface area contributed by atoms with Crippen LogP contribution in [0.2, 0.25) is 18.1 Å². The van der Waals surface area contributed by atoms with E-state index >= 15 is 0 Å². The number of allylic oxidation sites excluding steroid dienone is 1. The van der Waals surface area contributed by atoms with Crippen LogP contribution in [0.1, 0.15) is 60.5 Å². The molecule has 0 saturated carbocycles. The van der Waals surface area contributed by atoms with Gasteiger partial charge in [-0.25, -0.2) is 4.57 Å². The van der Waals surface area contributed by atoms with Crippen molar-refractivity contribution in [3.05, 3.63) is 41.6 Å². The Kier molecular flexibility index (Phi) is 11.7. The molecule has 2 rings (SSSR count). The van der Waals surface area contributed by atoms with E-state index in [1.54, 1.807) is 24.3 Å². The Hall–Kier alpha value is -1.64. The van der Waals surface area contributed by atoms with Crippen molar-refractivity contribution in [1.29, 1.82) is 0 Å². The summed E-state index contributed by atoms with van der Waals surface area (Å²) in [6, 6.07) is 6.78. The lowest BCUT2D eigenvalue weighted by atomic mass is 10.1. The lowest BCUT2D eigenvalue weighted by molar-refractivity contribution is -0.148. The number of phosphoric ester groups is 1. The highest BCUT2D eigenvalue weighted by molar-refractivity contribution is 7.48. The first-order valence-corrected chi connectivity index (χ1v) is 17.8. The molecule has 0 amide bonds. The molecule has 216 valence electrons. The molecule has 38 heavy (non-hydrogen) atoms. The second-order valence-electron chi connectivity index (χ2n) is 12.5. The minimum Gasteiger partial charge on any atom is -0.457 e. The van der Waals surface area contributed by atoms with E-state index in [1.807, 2.05) is 33.8 Å². The van der Waals surface area contributed by atoms with Gasteiger partial charge in [-0.1, -0.05) is 60.6 Å². The van der Waals surface area contributed by atoms with Crippen LogP contribution in [0.5, 0.6) is 5.75 Å². The van der Waals surface area contributed by atoms with Crippen molar-refractivity contribution in [3.63, 3.8) is 0 Å². The molecule has 1 aliphatic rings. The predicted octanol–water partition coefficient (Wildman–Crippen LogP) is 6.86. The largest absolute Gasteiger partial charge is 0.530 e. The van der Waals surface area contributed by atoms with E-state index in [2.05, 4.69) is 33.9 Å². The first-order chi connectivity index (χ1) is 17.5. The second kappa shape index (κ2) is 13.6. The Morgan fingerprint density at radius 2 is 1.61 bits per heavy atom. The standard InChI is InChI=1S/C28H48NO7PSi/c1-20(2)17-32-37(31,33-18-21(3)4)36-25-12-10-22(11-13-25)14-27(30)35-26-16-24(29)15-23(26)19-34-38(8,9)28(5,6)7/h10-13,16,20-21,23,26H,14-15,17-19,29H2,1-9H3/t23-,26+/m1/s1. The van der Waals surface area contributed by atoms with Crippen molar-refractivity contribution in [2.75, 3.05) is 19.8 Å². The molecule has 0 fully saturated rings. The van der Waals surface area contributed by atoms with Crippen LogP contribution in [0, 0.1) is 17.8 Å². The highest BCUT2D eigenvalue weighted by Gasteiger charge is 2.39. The Labute approximate surface area is 230 Å². The molecule has 0 radical (unpaired) electrons. The van der Waals surface area contributed by atoms with Gasteiger partial charge in [0.05, 0.1) is 19.6 Å². The first-order valence-electron chi connectivity index (χ1n) is 13.5. The van der Waals surface area contributed by atoms with Crippen molar-refractivity contribution in [2.24, 2.45) is 23.5 Å². The minimum atomic E-state index is -3.77. The first kappa shape index (κ1) is 32.6. The summed E-state index contributed by atoms with van der Waals surface area (Å²) in [6.07, 6.45) is 2.15. The van der Waals surface area contributed by atoms with E-state index in [0.29, 0.717) is 18.8 Å². The third-order valence-corrected chi connectivity index (χ3v) is 12.6. The van der Waals surface area contributed by atoms with Crippen molar-refractivity contribution in [3.8, 4) is 5.75 Å². The lowest BCUT2D eigenvalue weighted by Crippen LogP contribution is -2.43. The van der Waals surface area contributed by atoms with Gasteiger partial charge in [-0.2, -0.15) is 0 Å². The molecule has 10 heteroatoms. The quantitative estimate of drug-likeness (QED) is 0.147. The fraction of sp³-hybridized carbons (Fsp3) is 0.679. The third-order valence-electron chi connectivity index (χ3n) is 6.69. The van der Waals surface area contributed by atoms with E-state index in [9.17, 15) is 9.36 Å². The van der Waals surface area contributed by atoms with Crippen molar-refractivity contribution >= 4 is 22.1 Å². The number of nitrogens with two attached hydrogens (primary N) is 1. The Balaban J connectivity index is 1.96. The van der Waals surface area contributed by atoms with Crippen LogP contribution in [0.3, 0.4) is 0 Å². The van der Waals surface area contributed by atoms with Gasteiger partial charge < -0.3 is 19.4 Å². The number of carbonyl (C=O) groups excluding carboxylic acids is 1. The van der Waals surface area contributed by atoms with Crippen molar-refractivity contribution in [2.45, 2.75) is 85.5 Å². The number of esters is 1. The Morgan fingerprint density at radius 1 is 1.05 bits per heavy atom. The summed E-state index contributed by atoms with van der Waals surface area (Å²) >= 11 is 0. The van der Waals surface area contributed by atoms with Crippen LogP contribution >= 0.6 is 7.82 Å². The summed E-state index contributed by atoms with van der Waals surface area (Å²) in [7, 11) is -5.70. The molecule has 2 N–H and O–H groups in total. The van der Waals surface area contributed by atoms with Crippen LogP contribution in [0.4, 0.5) is 0 Å². The van der Waals surface area contributed by atoms with Gasteiger partial charge >= 0.3 is 13.8 Å². The van der Waals surface area contributed by atoms with Gasteiger partial charge in [-0.3, -0.25) is 13.8 Å². The van der Waals surface area contributed by atoms with E-state index in [1.165, 1.54) is 0 Å². The zero-order chi connectivity index (χ0) is 28.7. The summed E-state index contributed by atoms with van der Waals surface area (Å²) in [4.78, 5) is 12.8. The van der Waals surface area contributed by atoms with Gasteiger partial charge in [0.25, 0.3) is 0 Å². The maximum Gasteiger partial charge on any atom is 0.530 e. The van der Waals surface area contributed by atoms with Crippen LogP contribution in [-0.2, 0) is 34.0 Å². The summed E-state index contributed by atoms with van der Waals surface area (Å²) < 4.78 is 41.9. The molecule has 2 atom stereocenters. The fourth-order valence-corrected chi connectivity index (χ4v) is 5.96. The average molecular weight is 570 g/mol. The molecule has 0 aliphatic heterocycles. The van der Waals surface area contributed by atoms with E-state index < -0.39 is 22.2 Å². The minimum absolute atomic E-state index is 0.00896. The van der Waals surface area contributed by atoms with Crippen LogP contribution in [0.25, 0.3) is 0 Å². The molecule has 1 aromatic carbocycles. The molecule has 0 saturated heterocycles. The number of phosphoric acid groups is 1. The van der Waals surface area contributed by atoms with Gasteiger partial charge in [0.1, 0.15) is 11.9 Å². The van der Waals surface area contributed by atoms with Gasteiger partial charge in [-0.15, -0.1) is 0 Å². The van der Waals surface area contributed by atoms with Crippen LogP contribution in [0.15, 0.2) is 36.0 Å². The molecule has 0 heterocycles. The molecule has 1 aromatic rings. The third kappa shape index (κ3) is 10.5. The molecular formula is C28H48NO7PSi. The summed E-state index contributed by atoms with van der Waals surface area (Å²) in [5.74, 6) is 0.345. The molecule has 0 bridgehead atoms. The summed E-state index contributed by atoms with van der Waals surface area (Å²) in [5.41, 5.74) is 7.54. The van der Waals surface area contributed by atoms with E-state index in [-0.39, 0.29) is 48.4 Å². The van der Waals surface area contributed by atoms with E-state index in [0.717, 1.165) is 11.3 Å². The maximum absolute atomic E-state index is 13.1. The molecular weight excluding hydrogens is 521 g/mol. The molecule has 1 aliphatic carbocycles. The zero-order valence-electron chi connectivity index (χ0n) is 24.6. The predicted molar refractivity (Wildman–Crippen MR) is 153 cm³/mol. The highest BCUT2D eigenvalue weighted by atomic mass is 31.2. The maximum atomic E-state index is 13.1. The van der Waals surface area contributed by atoms with Crippen molar-refractivity contribution in [1.82, 2.24) is 0 Å². The average Bonchev–Trinajstić information content (AvgIpc) is 3.14. The molecule has 8 nitrogen and oxygen atoms in total. The highest BCUT2D eigenvalue weighted by Crippen LogP contribution is 2.50. The van der Waals surface area contributed by atoms with Gasteiger partial charge in [0, 0.05) is 18.2 Å². The second-order valence-corrected chi connectivity index (χ2v) is 18.9. The van der Waals surface area contributed by atoms with Crippen molar-refractivity contribution < 1.29 is 32.1 Å². The van der Waals surface area contributed by atoms with E-state index in [4.69, 9.17) is 28.5 Å². The van der Waals surface area contributed by atoms with Gasteiger partial charge in [-0.05, 0) is 60.2 Å². The topological polar surface area (TPSA) is 106 Å². The molecule has 0 spiro atoms. The lowest BCUT2D eigenvalue weighted by Gasteiger charge is -2.37. The Bertz CT molecular complexity index is 970. The number of rotatable bonds is 14. The van der Waals surface area contributed by atoms with Crippen LogP contribution in [-0.4, -0.2) is 40.2 Å². The number of carbonyl (C=O) groups is 1. The monoisotopic (exact) mass is 569 g/mol. The summed E-state index contributed by atoms with van der Waals surface area (Å²) in [5, 5.41) is 0.0987. The fourth-order valence-electron chi connectivity index (χ4n) is 3.38. The molecule has 0 unspecified atom stereocenters. The number of hydrogen-bond donors (Lipinski definition) is 1. The SMILES string of the molecule is CC(C)COP(=O)(OCC(C)C)Oc1ccc(CC(=O)O[C@H]2C=C(N)C[C@@H]2CO[Si](C)(C)C(C)(C)C)cc1. The van der Waals surface area contributed by atoms with Gasteiger partial charge in [0.2, 0.25) is 0 Å². The van der Waals surface area contributed by atoms with Crippen LogP contribution < -0.4 is 10.3 Å².